The van der Waals surface area contributed by atoms with E-state index in [1.807, 2.05) is 13.1 Å². The minimum Gasteiger partial charge on any atom is -0.497 e. The van der Waals surface area contributed by atoms with E-state index < -0.39 is 0 Å². The minimum atomic E-state index is 0.537. The number of benzene rings is 1. The van der Waals surface area contributed by atoms with E-state index in [2.05, 4.69) is 17.4 Å². The molecule has 0 fully saturated rings. The number of nitrogens with one attached hydrogen (secondary N) is 1. The highest BCUT2D eigenvalue weighted by Gasteiger charge is 2.24. The van der Waals surface area contributed by atoms with Crippen LogP contribution in [0.5, 0.6) is 5.75 Å². The van der Waals surface area contributed by atoms with Crippen molar-refractivity contribution in [1.82, 2.24) is 5.32 Å². The van der Waals surface area contributed by atoms with E-state index in [-0.39, 0.29) is 0 Å². The molecule has 0 aliphatic heterocycles. The van der Waals surface area contributed by atoms with Gasteiger partial charge in [0.05, 0.1) is 7.11 Å². The highest BCUT2D eigenvalue weighted by Crippen LogP contribution is 2.34. The van der Waals surface area contributed by atoms with Crippen molar-refractivity contribution in [3.63, 3.8) is 0 Å². The largest absolute Gasteiger partial charge is 0.497 e. The Labute approximate surface area is 72.5 Å². The van der Waals surface area contributed by atoms with Gasteiger partial charge in [0.15, 0.2) is 0 Å². The molecule has 0 bridgehead atoms. The van der Waals surface area contributed by atoms with Crippen molar-refractivity contribution in [3.8, 4) is 5.75 Å². The van der Waals surface area contributed by atoms with Crippen LogP contribution in [-0.4, -0.2) is 14.2 Å². The second kappa shape index (κ2) is 2.79. The summed E-state index contributed by atoms with van der Waals surface area (Å²) in [6, 6.07) is 6.81. The van der Waals surface area contributed by atoms with Gasteiger partial charge in [-0.2, -0.15) is 0 Å². The summed E-state index contributed by atoms with van der Waals surface area (Å²) < 4.78 is 5.15. The first-order valence-corrected chi connectivity index (χ1v) is 4.19. The van der Waals surface area contributed by atoms with Crippen molar-refractivity contribution >= 4 is 0 Å². The summed E-state index contributed by atoms with van der Waals surface area (Å²) in [7, 11) is 3.70. The second-order valence-electron chi connectivity index (χ2n) is 3.11. The maximum Gasteiger partial charge on any atom is 0.119 e. The Balaban J connectivity index is 2.31. The molecule has 0 radical (unpaired) electrons. The van der Waals surface area contributed by atoms with Gasteiger partial charge >= 0.3 is 0 Å². The lowest BCUT2D eigenvalue weighted by molar-refractivity contribution is 0.410. The quantitative estimate of drug-likeness (QED) is 0.713. The standard InChI is InChI=1S/C10H13NO/c1-11-10-5-7-3-4-8(12-2)6-9(7)10/h3-4,6,10-11H,5H2,1-2H3. The van der Waals surface area contributed by atoms with Crippen molar-refractivity contribution in [2.75, 3.05) is 14.2 Å². The molecule has 12 heavy (non-hydrogen) atoms. The van der Waals surface area contributed by atoms with Crippen LogP contribution in [0.4, 0.5) is 0 Å². The van der Waals surface area contributed by atoms with Gasteiger partial charge in [-0.05, 0) is 36.7 Å². The van der Waals surface area contributed by atoms with E-state index in [1.54, 1.807) is 7.11 Å². The summed E-state index contributed by atoms with van der Waals surface area (Å²) in [6.07, 6.45) is 1.15. The third kappa shape index (κ3) is 0.994. The molecule has 0 saturated carbocycles. The fourth-order valence-corrected chi connectivity index (χ4v) is 1.67. The molecule has 0 amide bonds. The smallest absolute Gasteiger partial charge is 0.119 e. The summed E-state index contributed by atoms with van der Waals surface area (Å²) in [5.41, 5.74) is 2.83. The first-order valence-electron chi connectivity index (χ1n) is 4.19. The van der Waals surface area contributed by atoms with E-state index in [0.29, 0.717) is 6.04 Å². The summed E-state index contributed by atoms with van der Waals surface area (Å²) in [6.45, 7) is 0. The highest BCUT2D eigenvalue weighted by molar-refractivity contribution is 5.44. The van der Waals surface area contributed by atoms with Crippen LogP contribution in [0.1, 0.15) is 17.2 Å². The molecule has 0 heterocycles. The average molecular weight is 163 g/mol. The second-order valence-corrected chi connectivity index (χ2v) is 3.11. The van der Waals surface area contributed by atoms with Gasteiger partial charge in [-0.15, -0.1) is 0 Å². The van der Waals surface area contributed by atoms with Crippen molar-refractivity contribution in [3.05, 3.63) is 29.3 Å². The number of rotatable bonds is 2. The topological polar surface area (TPSA) is 21.3 Å². The molecule has 1 N–H and O–H groups in total. The van der Waals surface area contributed by atoms with E-state index in [0.717, 1.165) is 12.2 Å². The molecule has 0 saturated heterocycles. The van der Waals surface area contributed by atoms with Gasteiger partial charge in [0.2, 0.25) is 0 Å². The van der Waals surface area contributed by atoms with E-state index >= 15 is 0 Å². The lowest BCUT2D eigenvalue weighted by atomic mass is 9.83. The van der Waals surface area contributed by atoms with Gasteiger partial charge < -0.3 is 10.1 Å². The van der Waals surface area contributed by atoms with Crippen LogP contribution in [0.25, 0.3) is 0 Å². The molecule has 2 rings (SSSR count). The van der Waals surface area contributed by atoms with Gasteiger partial charge in [0, 0.05) is 6.04 Å². The zero-order valence-corrected chi connectivity index (χ0v) is 7.42. The molecule has 1 unspecified atom stereocenters. The molecule has 1 aromatic rings. The number of hydrogen-bond donors (Lipinski definition) is 1. The zero-order chi connectivity index (χ0) is 8.55. The Kier molecular flexibility index (Phi) is 1.77. The van der Waals surface area contributed by atoms with Crippen molar-refractivity contribution in [2.24, 2.45) is 0 Å². The van der Waals surface area contributed by atoms with E-state index in [9.17, 15) is 0 Å². The molecule has 2 nitrogen and oxygen atoms in total. The zero-order valence-electron chi connectivity index (χ0n) is 7.42. The molecular weight excluding hydrogens is 150 g/mol. The maximum absolute atomic E-state index is 5.15. The van der Waals surface area contributed by atoms with Crippen LogP contribution in [0.3, 0.4) is 0 Å². The van der Waals surface area contributed by atoms with Gasteiger partial charge in [-0.25, -0.2) is 0 Å². The van der Waals surface area contributed by atoms with E-state index in [1.165, 1.54) is 11.1 Å². The monoisotopic (exact) mass is 163 g/mol. The maximum atomic E-state index is 5.15. The number of ether oxygens (including phenoxy) is 1. The molecule has 1 aliphatic carbocycles. The van der Waals surface area contributed by atoms with Gasteiger partial charge in [0.1, 0.15) is 5.75 Å². The van der Waals surface area contributed by atoms with Crippen LogP contribution < -0.4 is 10.1 Å². The fraction of sp³-hybridized carbons (Fsp3) is 0.400. The summed E-state index contributed by atoms with van der Waals surface area (Å²) in [5.74, 6) is 0.953. The van der Waals surface area contributed by atoms with E-state index in [4.69, 9.17) is 4.74 Å². The van der Waals surface area contributed by atoms with Crippen LogP contribution in [-0.2, 0) is 6.42 Å². The van der Waals surface area contributed by atoms with Crippen LogP contribution >= 0.6 is 0 Å². The minimum absolute atomic E-state index is 0.537. The van der Waals surface area contributed by atoms with Gasteiger partial charge in [-0.1, -0.05) is 6.07 Å². The Morgan fingerprint density at radius 3 is 3.00 bits per heavy atom. The first kappa shape index (κ1) is 7.62. The molecule has 1 aliphatic rings. The lowest BCUT2D eigenvalue weighted by Gasteiger charge is -2.30. The third-order valence-corrected chi connectivity index (χ3v) is 2.50. The Morgan fingerprint density at radius 1 is 1.50 bits per heavy atom. The predicted octanol–water partition coefficient (Wildman–Crippen LogP) is 1.51. The van der Waals surface area contributed by atoms with Crippen molar-refractivity contribution in [1.29, 1.82) is 0 Å². The number of fused-ring (bicyclic) bond motifs is 1. The molecule has 1 aromatic carbocycles. The normalized spacial score (nSPS) is 19.7. The Morgan fingerprint density at radius 2 is 2.33 bits per heavy atom. The lowest BCUT2D eigenvalue weighted by Crippen LogP contribution is -2.28. The molecule has 0 aromatic heterocycles. The summed E-state index contributed by atoms with van der Waals surface area (Å²) >= 11 is 0. The number of hydrogen-bond acceptors (Lipinski definition) is 2. The summed E-state index contributed by atoms with van der Waals surface area (Å²) in [5, 5.41) is 3.25. The van der Waals surface area contributed by atoms with Gasteiger partial charge in [0.25, 0.3) is 0 Å². The summed E-state index contributed by atoms with van der Waals surface area (Å²) in [4.78, 5) is 0. The first-order chi connectivity index (χ1) is 5.85. The SMILES string of the molecule is CNC1Cc2ccc(OC)cc21. The van der Waals surface area contributed by atoms with Crippen molar-refractivity contribution < 1.29 is 4.74 Å². The highest BCUT2D eigenvalue weighted by atomic mass is 16.5. The molecule has 1 atom stereocenters. The predicted molar refractivity (Wildman–Crippen MR) is 48.5 cm³/mol. The molecule has 2 heteroatoms. The van der Waals surface area contributed by atoms with Gasteiger partial charge in [-0.3, -0.25) is 0 Å². The number of methoxy groups -OCH3 is 1. The fourth-order valence-electron chi connectivity index (χ4n) is 1.67. The third-order valence-electron chi connectivity index (χ3n) is 2.50. The average Bonchev–Trinajstić information content (AvgIpc) is 2.08. The molecule has 64 valence electrons. The number of likely N-dealkylation sites (N-methyl/N-ethyl adjacent to an activating group) is 1. The Hall–Kier alpha value is -1.02. The van der Waals surface area contributed by atoms with Crippen LogP contribution in [0, 0.1) is 0 Å². The van der Waals surface area contributed by atoms with Crippen molar-refractivity contribution in [2.45, 2.75) is 12.5 Å². The molecular formula is C10H13NO. The van der Waals surface area contributed by atoms with Crippen LogP contribution in [0.2, 0.25) is 0 Å². The molecule has 0 spiro atoms. The van der Waals surface area contributed by atoms with Crippen LogP contribution in [0.15, 0.2) is 18.2 Å². The Bertz CT molecular complexity index is 296.